The molecule has 1 amide bonds. The fourth-order valence-electron chi connectivity index (χ4n) is 1.43. The number of hydrogen-bond acceptors (Lipinski definition) is 3. The Balaban J connectivity index is 2.17. The molecule has 0 saturated carbocycles. The molecule has 82 valence electrons. The summed E-state index contributed by atoms with van der Waals surface area (Å²) < 4.78 is 4.72. The van der Waals surface area contributed by atoms with Crippen LogP contribution in [0.5, 0.6) is 0 Å². The number of rotatable bonds is 2. The fourth-order valence-corrected chi connectivity index (χ4v) is 1.43. The summed E-state index contributed by atoms with van der Waals surface area (Å²) in [6, 6.07) is 7.61. The molecule has 0 aliphatic heterocycles. The van der Waals surface area contributed by atoms with Gasteiger partial charge in [0.15, 0.2) is 0 Å². The summed E-state index contributed by atoms with van der Waals surface area (Å²) in [5.41, 5.74) is 2.91. The first-order chi connectivity index (χ1) is 7.66. The van der Waals surface area contributed by atoms with Gasteiger partial charge in [0.25, 0.3) is 5.91 Å². The van der Waals surface area contributed by atoms with Crippen LogP contribution < -0.4 is 5.32 Å². The van der Waals surface area contributed by atoms with Crippen molar-refractivity contribution in [1.82, 2.24) is 5.16 Å². The molecule has 0 bridgehead atoms. The summed E-state index contributed by atoms with van der Waals surface area (Å²) >= 11 is 0. The van der Waals surface area contributed by atoms with E-state index in [2.05, 4.69) is 10.5 Å². The zero-order chi connectivity index (χ0) is 11.5. The van der Waals surface area contributed by atoms with Crippen molar-refractivity contribution in [3.8, 4) is 0 Å². The molecular weight excluding hydrogens is 204 g/mol. The van der Waals surface area contributed by atoms with Gasteiger partial charge in [-0.25, -0.2) is 0 Å². The van der Waals surface area contributed by atoms with E-state index < -0.39 is 0 Å². The van der Waals surface area contributed by atoms with Gasteiger partial charge >= 0.3 is 0 Å². The van der Waals surface area contributed by atoms with Crippen molar-refractivity contribution < 1.29 is 9.32 Å². The molecule has 0 fully saturated rings. The molecule has 1 aromatic carbocycles. The molecular formula is C12H12N2O2. The highest BCUT2D eigenvalue weighted by molar-refractivity contribution is 6.04. The third-order valence-corrected chi connectivity index (χ3v) is 2.27. The molecule has 0 aliphatic rings. The fraction of sp³-hybridized carbons (Fsp3) is 0.167. The van der Waals surface area contributed by atoms with E-state index in [9.17, 15) is 4.79 Å². The van der Waals surface area contributed by atoms with E-state index in [0.29, 0.717) is 11.3 Å². The van der Waals surface area contributed by atoms with Crippen molar-refractivity contribution in [2.45, 2.75) is 13.8 Å². The monoisotopic (exact) mass is 216 g/mol. The Morgan fingerprint density at radius 2 is 2.19 bits per heavy atom. The van der Waals surface area contributed by atoms with Crippen molar-refractivity contribution in [3.05, 3.63) is 47.3 Å². The standard InChI is InChI=1S/C12H12N2O2/c1-8-4-3-5-10(6-8)13-12(15)11-7-16-14-9(11)2/h3-7H,1-2H3,(H,13,15). The lowest BCUT2D eigenvalue weighted by Gasteiger charge is -2.04. The molecule has 2 aromatic rings. The smallest absolute Gasteiger partial charge is 0.260 e. The minimum atomic E-state index is -0.204. The van der Waals surface area contributed by atoms with Crippen LogP contribution >= 0.6 is 0 Å². The van der Waals surface area contributed by atoms with E-state index in [4.69, 9.17) is 4.52 Å². The molecule has 0 radical (unpaired) electrons. The number of aryl methyl sites for hydroxylation is 2. The van der Waals surface area contributed by atoms with Gasteiger partial charge in [-0.3, -0.25) is 4.79 Å². The van der Waals surface area contributed by atoms with Gasteiger partial charge in [-0.1, -0.05) is 17.3 Å². The maximum Gasteiger partial charge on any atom is 0.260 e. The van der Waals surface area contributed by atoms with Gasteiger partial charge in [-0.2, -0.15) is 0 Å². The lowest BCUT2D eigenvalue weighted by Crippen LogP contribution is -2.12. The Labute approximate surface area is 93.3 Å². The number of carbonyl (C=O) groups excluding carboxylic acids is 1. The van der Waals surface area contributed by atoms with E-state index in [1.54, 1.807) is 6.92 Å². The highest BCUT2D eigenvalue weighted by Crippen LogP contribution is 2.12. The number of nitrogens with one attached hydrogen (secondary N) is 1. The Morgan fingerprint density at radius 3 is 2.81 bits per heavy atom. The first kappa shape index (κ1) is 10.4. The van der Waals surface area contributed by atoms with E-state index >= 15 is 0 Å². The number of hydrogen-bond donors (Lipinski definition) is 1. The average molecular weight is 216 g/mol. The minimum Gasteiger partial charge on any atom is -0.364 e. The van der Waals surface area contributed by atoms with Gasteiger partial charge in [0.2, 0.25) is 0 Å². The number of anilines is 1. The summed E-state index contributed by atoms with van der Waals surface area (Å²) in [5, 5.41) is 6.45. The van der Waals surface area contributed by atoms with Gasteiger partial charge in [0.1, 0.15) is 11.8 Å². The van der Waals surface area contributed by atoms with Crippen LogP contribution in [-0.4, -0.2) is 11.1 Å². The summed E-state index contributed by atoms with van der Waals surface area (Å²) in [4.78, 5) is 11.8. The molecule has 1 heterocycles. The van der Waals surface area contributed by atoms with Crippen molar-refractivity contribution in [3.63, 3.8) is 0 Å². The van der Waals surface area contributed by atoms with Crippen LogP contribution in [0.15, 0.2) is 35.1 Å². The SMILES string of the molecule is Cc1cccc(NC(=O)c2conc2C)c1. The van der Waals surface area contributed by atoms with Gasteiger partial charge in [-0.05, 0) is 31.5 Å². The quantitative estimate of drug-likeness (QED) is 0.839. The summed E-state index contributed by atoms with van der Waals surface area (Å²) in [7, 11) is 0. The van der Waals surface area contributed by atoms with Gasteiger partial charge in [-0.15, -0.1) is 0 Å². The second-order valence-corrected chi connectivity index (χ2v) is 3.64. The first-order valence-corrected chi connectivity index (χ1v) is 4.96. The third-order valence-electron chi connectivity index (χ3n) is 2.27. The predicted octanol–water partition coefficient (Wildman–Crippen LogP) is 2.54. The van der Waals surface area contributed by atoms with Gasteiger partial charge < -0.3 is 9.84 Å². The Bertz CT molecular complexity index is 517. The van der Waals surface area contributed by atoms with Crippen molar-refractivity contribution >= 4 is 11.6 Å². The van der Waals surface area contributed by atoms with Crippen LogP contribution in [0.25, 0.3) is 0 Å². The molecule has 0 unspecified atom stereocenters. The van der Waals surface area contributed by atoms with Crippen LogP contribution in [0.3, 0.4) is 0 Å². The number of nitrogens with zero attached hydrogens (tertiary/aromatic N) is 1. The normalized spacial score (nSPS) is 10.1. The van der Waals surface area contributed by atoms with Gasteiger partial charge in [0, 0.05) is 5.69 Å². The molecule has 16 heavy (non-hydrogen) atoms. The van der Waals surface area contributed by atoms with Crippen molar-refractivity contribution in [2.75, 3.05) is 5.32 Å². The van der Waals surface area contributed by atoms with E-state index in [-0.39, 0.29) is 5.91 Å². The zero-order valence-electron chi connectivity index (χ0n) is 9.15. The molecule has 0 saturated heterocycles. The lowest BCUT2D eigenvalue weighted by molar-refractivity contribution is 0.102. The third kappa shape index (κ3) is 2.11. The maximum absolute atomic E-state index is 11.8. The molecule has 2 rings (SSSR count). The second kappa shape index (κ2) is 4.18. The molecule has 0 spiro atoms. The van der Waals surface area contributed by atoms with Crippen LogP contribution in [0.2, 0.25) is 0 Å². The second-order valence-electron chi connectivity index (χ2n) is 3.64. The molecule has 1 aromatic heterocycles. The predicted molar refractivity (Wildman–Crippen MR) is 60.4 cm³/mol. The molecule has 1 N–H and O–H groups in total. The van der Waals surface area contributed by atoms with Crippen LogP contribution in [0.1, 0.15) is 21.6 Å². The minimum absolute atomic E-state index is 0.204. The summed E-state index contributed by atoms with van der Waals surface area (Å²) in [5.74, 6) is -0.204. The maximum atomic E-state index is 11.8. The Morgan fingerprint density at radius 1 is 1.38 bits per heavy atom. The number of carbonyl (C=O) groups is 1. The lowest BCUT2D eigenvalue weighted by atomic mass is 10.2. The van der Waals surface area contributed by atoms with Crippen LogP contribution in [0, 0.1) is 13.8 Å². The van der Waals surface area contributed by atoms with Crippen LogP contribution in [0.4, 0.5) is 5.69 Å². The Kier molecular flexibility index (Phi) is 2.72. The highest BCUT2D eigenvalue weighted by atomic mass is 16.5. The average Bonchev–Trinajstić information content (AvgIpc) is 2.64. The van der Waals surface area contributed by atoms with Crippen molar-refractivity contribution in [1.29, 1.82) is 0 Å². The number of amides is 1. The summed E-state index contributed by atoms with van der Waals surface area (Å²) in [6.45, 7) is 3.70. The molecule has 0 atom stereocenters. The van der Waals surface area contributed by atoms with E-state index in [1.807, 2.05) is 31.2 Å². The molecule has 4 nitrogen and oxygen atoms in total. The summed E-state index contributed by atoms with van der Waals surface area (Å²) in [6.07, 6.45) is 1.35. The number of benzene rings is 1. The van der Waals surface area contributed by atoms with E-state index in [1.165, 1.54) is 6.26 Å². The van der Waals surface area contributed by atoms with Crippen molar-refractivity contribution in [2.24, 2.45) is 0 Å². The molecule has 4 heteroatoms. The van der Waals surface area contributed by atoms with Gasteiger partial charge in [0.05, 0.1) is 5.69 Å². The zero-order valence-corrected chi connectivity index (χ0v) is 9.15. The highest BCUT2D eigenvalue weighted by Gasteiger charge is 2.12. The first-order valence-electron chi connectivity index (χ1n) is 4.96. The number of aromatic nitrogens is 1. The Hall–Kier alpha value is -2.10. The largest absolute Gasteiger partial charge is 0.364 e. The topological polar surface area (TPSA) is 55.1 Å². The molecule has 0 aliphatic carbocycles. The van der Waals surface area contributed by atoms with Crippen LogP contribution in [-0.2, 0) is 0 Å². The van der Waals surface area contributed by atoms with E-state index in [0.717, 1.165) is 11.3 Å².